The van der Waals surface area contributed by atoms with E-state index >= 15 is 0 Å². The fourth-order valence-corrected chi connectivity index (χ4v) is 4.31. The summed E-state index contributed by atoms with van der Waals surface area (Å²) >= 11 is 0. The van der Waals surface area contributed by atoms with E-state index in [1.807, 2.05) is 23.1 Å². The number of fused-ring (bicyclic) bond motifs is 1. The summed E-state index contributed by atoms with van der Waals surface area (Å²) in [6.45, 7) is 2.65. The van der Waals surface area contributed by atoms with Crippen LogP contribution in [-0.4, -0.2) is 82.4 Å². The highest BCUT2D eigenvalue weighted by Gasteiger charge is 2.32. The predicted octanol–water partition coefficient (Wildman–Crippen LogP) is 1.40. The fraction of sp³-hybridized carbons (Fsp3) is 0.375. The van der Waals surface area contributed by atoms with E-state index in [1.165, 1.54) is 7.11 Å². The highest BCUT2D eigenvalue weighted by molar-refractivity contribution is 5.77. The number of nitrogens with zero attached hydrogens (tertiary/aromatic N) is 6. The maximum Gasteiger partial charge on any atom is 0.409 e. The van der Waals surface area contributed by atoms with Gasteiger partial charge in [-0.2, -0.15) is 4.98 Å². The van der Waals surface area contributed by atoms with E-state index < -0.39 is 6.09 Å². The molecule has 0 saturated carbocycles. The number of hydrogen-bond donors (Lipinski definition) is 1. The third kappa shape index (κ3) is 5.16. The molecule has 0 aliphatic carbocycles. The maximum atomic E-state index is 13.0. The number of ether oxygens (including phenoxy) is 3. The van der Waals surface area contributed by atoms with Gasteiger partial charge in [0.2, 0.25) is 11.9 Å². The average molecular weight is 494 g/mol. The molecule has 2 aliphatic heterocycles. The van der Waals surface area contributed by atoms with Crippen LogP contribution >= 0.6 is 0 Å². The molecular weight excluding hydrogens is 466 g/mol. The molecule has 2 aliphatic rings. The van der Waals surface area contributed by atoms with Gasteiger partial charge in [-0.25, -0.2) is 14.8 Å². The number of nitrogens with one attached hydrogen (secondary N) is 1. The number of rotatable bonds is 6. The molecule has 3 aromatic rings. The first-order valence-electron chi connectivity index (χ1n) is 11.7. The SMILES string of the molecule is COC(=O)N1CCN(c2ccnc(-n3ccnc3)n2)C(CC(=O)NCc2ccc3c(c2)OCCO3)C1. The first kappa shape index (κ1) is 23.4. The van der Waals surface area contributed by atoms with Gasteiger partial charge in [-0.05, 0) is 23.8 Å². The highest BCUT2D eigenvalue weighted by Crippen LogP contribution is 2.30. The second-order valence-electron chi connectivity index (χ2n) is 8.41. The maximum absolute atomic E-state index is 13.0. The summed E-state index contributed by atoms with van der Waals surface area (Å²) in [5, 5.41) is 2.98. The number of benzene rings is 1. The lowest BCUT2D eigenvalue weighted by molar-refractivity contribution is -0.121. The second kappa shape index (κ2) is 10.5. The van der Waals surface area contributed by atoms with E-state index in [2.05, 4.69) is 20.3 Å². The van der Waals surface area contributed by atoms with Gasteiger partial charge in [0.15, 0.2) is 11.5 Å². The quantitative estimate of drug-likeness (QED) is 0.543. The number of hydrogen-bond acceptors (Lipinski definition) is 9. The van der Waals surface area contributed by atoms with Crippen LogP contribution in [0.15, 0.2) is 49.2 Å². The Hall–Kier alpha value is -4.35. The number of amides is 2. The number of methoxy groups -OCH3 is 1. The normalized spacial score (nSPS) is 17.0. The van der Waals surface area contributed by atoms with Crippen molar-refractivity contribution in [2.75, 3.05) is 44.9 Å². The van der Waals surface area contributed by atoms with Gasteiger partial charge in [0.25, 0.3) is 0 Å². The van der Waals surface area contributed by atoms with E-state index in [0.717, 1.165) is 5.56 Å². The molecule has 1 aromatic carbocycles. The van der Waals surface area contributed by atoms with E-state index in [4.69, 9.17) is 14.2 Å². The van der Waals surface area contributed by atoms with Crippen LogP contribution in [0.25, 0.3) is 5.95 Å². The van der Waals surface area contributed by atoms with Crippen LogP contribution in [-0.2, 0) is 16.1 Å². The molecule has 0 spiro atoms. The van der Waals surface area contributed by atoms with Gasteiger partial charge in [0.05, 0.1) is 13.2 Å². The lowest BCUT2D eigenvalue weighted by atomic mass is 10.1. The Kier molecular flexibility index (Phi) is 6.83. The summed E-state index contributed by atoms with van der Waals surface area (Å²) in [4.78, 5) is 41.8. The largest absolute Gasteiger partial charge is 0.486 e. The molecule has 12 nitrogen and oxygen atoms in total. The van der Waals surface area contributed by atoms with Gasteiger partial charge in [0.1, 0.15) is 25.4 Å². The van der Waals surface area contributed by atoms with Gasteiger partial charge in [-0.1, -0.05) is 6.07 Å². The fourth-order valence-electron chi connectivity index (χ4n) is 4.31. The van der Waals surface area contributed by atoms with Gasteiger partial charge in [0, 0.05) is 51.2 Å². The Morgan fingerprint density at radius 2 is 2.00 bits per heavy atom. The smallest absolute Gasteiger partial charge is 0.409 e. The van der Waals surface area contributed by atoms with Crippen molar-refractivity contribution in [2.45, 2.75) is 19.0 Å². The minimum atomic E-state index is -0.418. The van der Waals surface area contributed by atoms with Crippen molar-refractivity contribution in [3.63, 3.8) is 0 Å². The van der Waals surface area contributed by atoms with Gasteiger partial charge in [-0.15, -0.1) is 0 Å². The van der Waals surface area contributed by atoms with Crippen LogP contribution < -0.4 is 19.7 Å². The van der Waals surface area contributed by atoms with E-state index in [1.54, 1.807) is 40.5 Å². The van der Waals surface area contributed by atoms with E-state index in [9.17, 15) is 9.59 Å². The van der Waals surface area contributed by atoms with Crippen molar-refractivity contribution in [2.24, 2.45) is 0 Å². The molecule has 0 bridgehead atoms. The zero-order chi connectivity index (χ0) is 24.9. The Labute approximate surface area is 207 Å². The highest BCUT2D eigenvalue weighted by atomic mass is 16.6. The third-order valence-electron chi connectivity index (χ3n) is 6.09. The molecule has 188 valence electrons. The lowest BCUT2D eigenvalue weighted by Gasteiger charge is -2.41. The molecular formula is C24H27N7O5. The molecule has 0 radical (unpaired) electrons. The summed E-state index contributed by atoms with van der Waals surface area (Å²) in [7, 11) is 1.35. The number of imidazole rings is 1. The lowest BCUT2D eigenvalue weighted by Crippen LogP contribution is -2.56. The predicted molar refractivity (Wildman–Crippen MR) is 128 cm³/mol. The monoisotopic (exact) mass is 493 g/mol. The number of aromatic nitrogens is 4. The minimum Gasteiger partial charge on any atom is -0.486 e. The summed E-state index contributed by atoms with van der Waals surface area (Å²) in [5.74, 6) is 2.38. The summed E-state index contributed by atoms with van der Waals surface area (Å²) in [6, 6.07) is 7.12. The van der Waals surface area contributed by atoms with Crippen molar-refractivity contribution in [1.82, 2.24) is 29.7 Å². The van der Waals surface area contributed by atoms with Crippen molar-refractivity contribution < 1.29 is 23.8 Å². The molecule has 2 amide bonds. The van der Waals surface area contributed by atoms with Crippen molar-refractivity contribution in [1.29, 1.82) is 0 Å². The first-order chi connectivity index (χ1) is 17.6. The van der Waals surface area contributed by atoms with Crippen LogP contribution in [0.4, 0.5) is 10.6 Å². The molecule has 1 N–H and O–H groups in total. The van der Waals surface area contributed by atoms with Gasteiger partial charge < -0.3 is 29.3 Å². The molecule has 1 atom stereocenters. The van der Waals surface area contributed by atoms with E-state index in [-0.39, 0.29) is 18.4 Å². The average Bonchev–Trinajstić information content (AvgIpc) is 3.47. The van der Waals surface area contributed by atoms with Gasteiger partial charge >= 0.3 is 6.09 Å². The molecule has 4 heterocycles. The Balaban J connectivity index is 1.29. The topological polar surface area (TPSA) is 124 Å². The van der Waals surface area contributed by atoms with E-state index in [0.29, 0.717) is 62.7 Å². The standard InChI is InChI=1S/C24H27N7O5/c1-34-24(33)29-8-9-31(21-4-5-26-23(28-21)30-7-6-25-16-30)18(15-29)13-22(32)27-14-17-2-3-19-20(12-17)36-11-10-35-19/h2-7,12,16,18H,8-11,13-15H2,1H3,(H,27,32). The molecule has 2 aromatic heterocycles. The number of carbonyl (C=O) groups excluding carboxylic acids is 2. The third-order valence-corrected chi connectivity index (χ3v) is 6.09. The molecule has 1 fully saturated rings. The summed E-state index contributed by atoms with van der Waals surface area (Å²) < 4.78 is 17.8. The molecule has 1 saturated heterocycles. The zero-order valence-electron chi connectivity index (χ0n) is 19.9. The van der Waals surface area contributed by atoms with Gasteiger partial charge in [-0.3, -0.25) is 9.36 Å². The van der Waals surface area contributed by atoms with Crippen LogP contribution in [0.1, 0.15) is 12.0 Å². The van der Waals surface area contributed by atoms with Crippen molar-refractivity contribution in [3.05, 3.63) is 54.7 Å². The number of piperazine rings is 1. The Morgan fingerprint density at radius 1 is 1.14 bits per heavy atom. The summed E-state index contributed by atoms with van der Waals surface area (Å²) in [5.41, 5.74) is 0.907. The van der Waals surface area contributed by atoms with Crippen LogP contribution in [0.5, 0.6) is 11.5 Å². The van der Waals surface area contributed by atoms with Crippen LogP contribution in [0.3, 0.4) is 0 Å². The molecule has 1 unspecified atom stereocenters. The zero-order valence-corrected chi connectivity index (χ0v) is 19.9. The molecule has 5 rings (SSSR count). The van der Waals surface area contributed by atoms with Crippen molar-refractivity contribution >= 4 is 17.8 Å². The Bertz CT molecular complexity index is 1220. The Morgan fingerprint density at radius 3 is 2.81 bits per heavy atom. The van der Waals surface area contributed by atoms with Crippen molar-refractivity contribution in [3.8, 4) is 17.4 Å². The second-order valence-corrected chi connectivity index (χ2v) is 8.41. The first-order valence-corrected chi connectivity index (χ1v) is 11.7. The number of anilines is 1. The minimum absolute atomic E-state index is 0.143. The van der Waals surface area contributed by atoms with Crippen LogP contribution in [0.2, 0.25) is 0 Å². The number of carbonyl (C=O) groups is 2. The molecule has 12 heteroatoms. The van der Waals surface area contributed by atoms with Crippen LogP contribution in [0, 0.1) is 0 Å². The summed E-state index contributed by atoms with van der Waals surface area (Å²) in [6.07, 6.45) is 6.46. The molecule has 36 heavy (non-hydrogen) atoms.